The Balaban J connectivity index is 2.24. The minimum Gasteiger partial charge on any atom is -0.481 e. The van der Waals surface area contributed by atoms with E-state index in [1.165, 1.54) is 0 Å². The SMILES string of the molecule is CC(C)CC1CC(N(C(=O)C(F)(F)F)C2CCOCC2)C[C@H]1C(=O)O. The number of aliphatic carboxylic acids is 1. The Morgan fingerprint density at radius 3 is 2.24 bits per heavy atom. The minimum absolute atomic E-state index is 0.0892. The summed E-state index contributed by atoms with van der Waals surface area (Å²) in [7, 11) is 0. The fourth-order valence-corrected chi connectivity index (χ4v) is 4.23. The number of carboxylic acid groups (broad SMARTS) is 1. The van der Waals surface area contributed by atoms with Crippen LogP contribution in [0.2, 0.25) is 0 Å². The van der Waals surface area contributed by atoms with Gasteiger partial charge in [0.2, 0.25) is 0 Å². The first kappa shape index (κ1) is 20.0. The van der Waals surface area contributed by atoms with Crippen molar-refractivity contribution >= 4 is 11.9 Å². The third-order valence-corrected chi connectivity index (χ3v) is 5.22. The summed E-state index contributed by atoms with van der Waals surface area (Å²) >= 11 is 0. The van der Waals surface area contributed by atoms with Gasteiger partial charge in [-0.15, -0.1) is 0 Å². The lowest BCUT2D eigenvalue weighted by atomic mass is 9.88. The Hall–Kier alpha value is -1.31. The quantitative estimate of drug-likeness (QED) is 0.813. The molecule has 1 amide bonds. The fraction of sp³-hybridized carbons (Fsp3) is 0.882. The molecule has 25 heavy (non-hydrogen) atoms. The Morgan fingerprint density at radius 2 is 1.76 bits per heavy atom. The second kappa shape index (κ2) is 7.93. The van der Waals surface area contributed by atoms with E-state index in [-0.39, 0.29) is 18.3 Å². The van der Waals surface area contributed by atoms with Gasteiger partial charge in [0.05, 0.1) is 5.92 Å². The first-order valence-electron chi connectivity index (χ1n) is 8.81. The van der Waals surface area contributed by atoms with Crippen LogP contribution in [0.5, 0.6) is 0 Å². The molecule has 1 heterocycles. The number of nitrogens with zero attached hydrogens (tertiary/aromatic N) is 1. The number of halogens is 3. The highest BCUT2D eigenvalue weighted by molar-refractivity contribution is 5.82. The lowest BCUT2D eigenvalue weighted by Crippen LogP contribution is -2.53. The summed E-state index contributed by atoms with van der Waals surface area (Å²) in [5.41, 5.74) is 0. The monoisotopic (exact) mass is 365 g/mol. The van der Waals surface area contributed by atoms with Crippen molar-refractivity contribution in [3.05, 3.63) is 0 Å². The van der Waals surface area contributed by atoms with E-state index in [1.54, 1.807) is 0 Å². The van der Waals surface area contributed by atoms with E-state index in [4.69, 9.17) is 4.74 Å². The number of carboxylic acids is 1. The summed E-state index contributed by atoms with van der Waals surface area (Å²) in [5.74, 6) is -3.49. The molecule has 0 bridgehead atoms. The molecule has 144 valence electrons. The highest BCUT2D eigenvalue weighted by Gasteiger charge is 2.51. The molecular weight excluding hydrogens is 339 g/mol. The number of carbonyl (C=O) groups is 2. The van der Waals surface area contributed by atoms with Crippen LogP contribution in [0.15, 0.2) is 0 Å². The predicted octanol–water partition coefficient (Wildman–Crippen LogP) is 3.08. The molecule has 1 saturated heterocycles. The van der Waals surface area contributed by atoms with Crippen LogP contribution in [-0.2, 0) is 14.3 Å². The predicted molar refractivity (Wildman–Crippen MR) is 83.8 cm³/mol. The van der Waals surface area contributed by atoms with E-state index < -0.39 is 36.1 Å². The minimum atomic E-state index is -4.95. The molecule has 1 aliphatic carbocycles. The Morgan fingerprint density at radius 1 is 1.16 bits per heavy atom. The van der Waals surface area contributed by atoms with Gasteiger partial charge in [0.1, 0.15) is 0 Å². The van der Waals surface area contributed by atoms with Gasteiger partial charge in [0, 0.05) is 25.3 Å². The number of hydrogen-bond acceptors (Lipinski definition) is 3. The summed E-state index contributed by atoms with van der Waals surface area (Å²) in [6.45, 7) is 4.56. The van der Waals surface area contributed by atoms with Gasteiger partial charge < -0.3 is 14.7 Å². The maximum atomic E-state index is 13.1. The van der Waals surface area contributed by atoms with Crippen LogP contribution in [0.1, 0.15) is 46.0 Å². The van der Waals surface area contributed by atoms with Crippen LogP contribution in [-0.4, -0.2) is 53.4 Å². The molecule has 1 aliphatic heterocycles. The van der Waals surface area contributed by atoms with Gasteiger partial charge in [0.15, 0.2) is 0 Å². The van der Waals surface area contributed by atoms with E-state index in [2.05, 4.69) is 0 Å². The molecular formula is C17H26F3NO4. The molecule has 0 aromatic heterocycles. The molecule has 3 atom stereocenters. The maximum Gasteiger partial charge on any atom is 0.471 e. The molecule has 5 nitrogen and oxygen atoms in total. The van der Waals surface area contributed by atoms with Crippen molar-refractivity contribution in [1.29, 1.82) is 0 Å². The zero-order valence-electron chi connectivity index (χ0n) is 14.6. The first-order valence-corrected chi connectivity index (χ1v) is 8.81. The topological polar surface area (TPSA) is 66.8 Å². The van der Waals surface area contributed by atoms with Crippen molar-refractivity contribution in [2.24, 2.45) is 17.8 Å². The Kier molecular flexibility index (Phi) is 6.35. The summed E-state index contributed by atoms with van der Waals surface area (Å²) < 4.78 is 44.6. The number of alkyl halides is 3. The molecule has 2 aliphatic rings. The standard InChI is InChI=1S/C17H26F3NO4/c1-10(2)7-11-8-13(9-14(11)15(22)23)21(16(24)17(18,19)20)12-3-5-25-6-4-12/h10-14H,3-9H2,1-2H3,(H,22,23)/t11?,13?,14-/m1/s1. The van der Waals surface area contributed by atoms with E-state index >= 15 is 0 Å². The summed E-state index contributed by atoms with van der Waals surface area (Å²) in [6, 6.07) is -1.22. The number of carbonyl (C=O) groups excluding carboxylic acids is 1. The lowest BCUT2D eigenvalue weighted by molar-refractivity contribution is -0.192. The van der Waals surface area contributed by atoms with Gasteiger partial charge in [-0.2, -0.15) is 13.2 Å². The molecule has 2 unspecified atom stereocenters. The van der Waals surface area contributed by atoms with Crippen molar-refractivity contribution in [3.63, 3.8) is 0 Å². The molecule has 2 rings (SSSR count). The Labute approximate surface area is 145 Å². The fourth-order valence-electron chi connectivity index (χ4n) is 4.23. The largest absolute Gasteiger partial charge is 0.481 e. The molecule has 0 aromatic rings. The third-order valence-electron chi connectivity index (χ3n) is 5.22. The molecule has 0 spiro atoms. The van der Waals surface area contributed by atoms with Gasteiger partial charge in [-0.3, -0.25) is 9.59 Å². The molecule has 1 N–H and O–H groups in total. The first-order chi connectivity index (χ1) is 11.6. The van der Waals surface area contributed by atoms with Crippen LogP contribution in [0.4, 0.5) is 13.2 Å². The average Bonchev–Trinajstić information content (AvgIpc) is 2.90. The van der Waals surface area contributed by atoms with Crippen molar-refractivity contribution in [2.75, 3.05) is 13.2 Å². The number of hydrogen-bond donors (Lipinski definition) is 1. The van der Waals surface area contributed by atoms with Gasteiger partial charge in [-0.05, 0) is 43.9 Å². The van der Waals surface area contributed by atoms with Crippen LogP contribution in [0.3, 0.4) is 0 Å². The van der Waals surface area contributed by atoms with E-state index in [0.29, 0.717) is 38.9 Å². The number of rotatable bonds is 5. The smallest absolute Gasteiger partial charge is 0.471 e. The van der Waals surface area contributed by atoms with Crippen LogP contribution < -0.4 is 0 Å². The van der Waals surface area contributed by atoms with Gasteiger partial charge in [0.25, 0.3) is 0 Å². The normalized spacial score (nSPS) is 28.3. The van der Waals surface area contributed by atoms with Crippen LogP contribution in [0.25, 0.3) is 0 Å². The summed E-state index contributed by atoms with van der Waals surface area (Å²) in [5, 5.41) is 9.46. The second-order valence-electron chi connectivity index (χ2n) is 7.51. The number of amides is 1. The third kappa shape index (κ3) is 4.86. The highest BCUT2D eigenvalue weighted by atomic mass is 19.4. The summed E-state index contributed by atoms with van der Waals surface area (Å²) in [4.78, 5) is 24.6. The molecule has 0 aromatic carbocycles. The second-order valence-corrected chi connectivity index (χ2v) is 7.51. The zero-order valence-corrected chi connectivity index (χ0v) is 14.6. The molecule has 2 fully saturated rings. The van der Waals surface area contributed by atoms with E-state index in [9.17, 15) is 27.9 Å². The van der Waals surface area contributed by atoms with E-state index in [0.717, 1.165) is 4.90 Å². The lowest BCUT2D eigenvalue weighted by Gasteiger charge is -2.39. The van der Waals surface area contributed by atoms with E-state index in [1.807, 2.05) is 13.8 Å². The highest BCUT2D eigenvalue weighted by Crippen LogP contribution is 2.41. The Bertz CT molecular complexity index is 489. The van der Waals surface area contributed by atoms with Gasteiger partial charge in [-0.25, -0.2) is 0 Å². The van der Waals surface area contributed by atoms with Crippen molar-refractivity contribution in [2.45, 2.75) is 64.2 Å². The van der Waals surface area contributed by atoms with Crippen molar-refractivity contribution in [3.8, 4) is 0 Å². The molecule has 0 radical (unpaired) electrons. The van der Waals surface area contributed by atoms with Gasteiger partial charge >= 0.3 is 18.1 Å². The average molecular weight is 365 g/mol. The van der Waals surface area contributed by atoms with Gasteiger partial charge in [-0.1, -0.05) is 13.8 Å². The molecule has 8 heteroatoms. The number of ether oxygens (including phenoxy) is 1. The maximum absolute atomic E-state index is 13.1. The van der Waals surface area contributed by atoms with Crippen molar-refractivity contribution in [1.82, 2.24) is 4.90 Å². The van der Waals surface area contributed by atoms with Crippen LogP contribution >= 0.6 is 0 Å². The van der Waals surface area contributed by atoms with Crippen molar-refractivity contribution < 1.29 is 32.6 Å². The summed E-state index contributed by atoms with van der Waals surface area (Å²) in [6.07, 6.45) is -3.21. The molecule has 1 saturated carbocycles. The van der Waals surface area contributed by atoms with Crippen LogP contribution in [0, 0.1) is 17.8 Å². The zero-order chi connectivity index (χ0) is 18.8.